The minimum Gasteiger partial charge on any atom is -0.493 e. The summed E-state index contributed by atoms with van der Waals surface area (Å²) >= 11 is 3.42. The molecule has 1 heterocycles. The van der Waals surface area contributed by atoms with E-state index in [4.69, 9.17) is 9.47 Å². The van der Waals surface area contributed by atoms with Crippen molar-refractivity contribution in [3.63, 3.8) is 0 Å². The second-order valence-electron chi connectivity index (χ2n) is 8.35. The monoisotopic (exact) mass is 551 g/mol. The first-order chi connectivity index (χ1) is 16.1. The third kappa shape index (κ3) is 5.46. The second-order valence-corrected chi connectivity index (χ2v) is 11.4. The van der Waals surface area contributed by atoms with Crippen molar-refractivity contribution in [2.45, 2.75) is 45.6 Å². The van der Waals surface area contributed by atoms with Gasteiger partial charge in [0.25, 0.3) is 11.8 Å². The number of hydrogen-bond donors (Lipinski definition) is 0. The van der Waals surface area contributed by atoms with Gasteiger partial charge >= 0.3 is 0 Å². The Morgan fingerprint density at radius 1 is 1.00 bits per heavy atom. The van der Waals surface area contributed by atoms with Crippen LogP contribution in [0.3, 0.4) is 0 Å². The lowest BCUT2D eigenvalue weighted by molar-refractivity contribution is 0.0597. The highest BCUT2D eigenvalue weighted by Gasteiger charge is 2.44. The topological polar surface area (TPSA) is 90.0 Å². The predicted octanol–water partition coefficient (Wildman–Crippen LogP) is 4.97. The van der Waals surface area contributed by atoms with Gasteiger partial charge in [0.15, 0.2) is 11.5 Å². The molecule has 9 heteroatoms. The maximum Gasteiger partial charge on any atom is 0.263 e. The lowest BCUT2D eigenvalue weighted by atomic mass is 9.98. The standard InChI is InChI=1S/C25H30BrNO6S/c1-5-7-8-9-16-10-12-18(26)23-22(16)24(28)27(25(23)29)19(15-34(4,30)31)17-11-13-20(32-3)21(14-17)33-6-2/h10-14,19H,5-9,15H2,1-4H3/t19-/m1/s1. The van der Waals surface area contributed by atoms with Gasteiger partial charge in [-0.2, -0.15) is 0 Å². The van der Waals surface area contributed by atoms with Gasteiger partial charge < -0.3 is 9.47 Å². The second kappa shape index (κ2) is 10.9. The molecule has 7 nitrogen and oxygen atoms in total. The lowest BCUT2D eigenvalue weighted by Gasteiger charge is -2.27. The zero-order valence-electron chi connectivity index (χ0n) is 19.9. The maximum absolute atomic E-state index is 13.7. The molecule has 184 valence electrons. The van der Waals surface area contributed by atoms with E-state index >= 15 is 0 Å². The Labute approximate surface area is 209 Å². The van der Waals surface area contributed by atoms with Crippen LogP contribution in [0.2, 0.25) is 0 Å². The molecule has 0 spiro atoms. The number of fused-ring (bicyclic) bond motifs is 1. The number of nitrogens with zero attached hydrogens (tertiary/aromatic N) is 1. The van der Waals surface area contributed by atoms with Crippen molar-refractivity contribution in [3.8, 4) is 11.5 Å². The number of carbonyl (C=O) groups is 2. The van der Waals surface area contributed by atoms with Crippen LogP contribution in [0.5, 0.6) is 11.5 Å². The Bertz CT molecular complexity index is 1190. The maximum atomic E-state index is 13.7. The van der Waals surface area contributed by atoms with Crippen molar-refractivity contribution in [2.75, 3.05) is 25.7 Å². The molecule has 0 unspecified atom stereocenters. The molecule has 2 aromatic rings. The first kappa shape index (κ1) is 26.2. The molecule has 0 saturated carbocycles. The normalized spacial score (nSPS) is 14.3. The van der Waals surface area contributed by atoms with Crippen LogP contribution in [0.15, 0.2) is 34.8 Å². The number of unbranched alkanes of at least 4 members (excludes halogenated alkanes) is 2. The van der Waals surface area contributed by atoms with Gasteiger partial charge in [-0.15, -0.1) is 0 Å². The van der Waals surface area contributed by atoms with Gasteiger partial charge in [-0.3, -0.25) is 14.5 Å². The van der Waals surface area contributed by atoms with Crippen LogP contribution in [0.25, 0.3) is 0 Å². The number of carbonyl (C=O) groups excluding carboxylic acids is 2. The van der Waals surface area contributed by atoms with Crippen LogP contribution in [-0.2, 0) is 16.3 Å². The molecule has 2 aromatic carbocycles. The van der Waals surface area contributed by atoms with Gasteiger partial charge in [0.1, 0.15) is 9.84 Å². The van der Waals surface area contributed by atoms with E-state index < -0.39 is 33.4 Å². The van der Waals surface area contributed by atoms with Gasteiger partial charge in [0.05, 0.1) is 36.6 Å². The minimum atomic E-state index is -3.55. The van der Waals surface area contributed by atoms with E-state index in [1.165, 1.54) is 7.11 Å². The molecule has 1 aliphatic rings. The third-order valence-corrected chi connectivity index (χ3v) is 7.38. The molecule has 0 radical (unpaired) electrons. The average Bonchev–Trinajstić information content (AvgIpc) is 3.04. The van der Waals surface area contributed by atoms with Crippen LogP contribution in [0.4, 0.5) is 0 Å². The molecule has 1 atom stereocenters. The number of ether oxygens (including phenoxy) is 2. The SMILES string of the molecule is CCCCCc1ccc(Br)c2c1C(=O)N([C@H](CS(C)(=O)=O)c1ccc(OC)c(OCC)c1)C2=O. The number of sulfone groups is 1. The van der Waals surface area contributed by atoms with Gasteiger partial charge in [-0.05, 0) is 65.0 Å². The number of rotatable bonds is 11. The molecule has 0 fully saturated rings. The molecular formula is C25H30BrNO6S. The Morgan fingerprint density at radius 3 is 2.32 bits per heavy atom. The molecule has 2 amide bonds. The molecule has 0 saturated heterocycles. The Balaban J connectivity index is 2.11. The summed E-state index contributed by atoms with van der Waals surface area (Å²) in [5, 5.41) is 0. The minimum absolute atomic E-state index is 0.288. The third-order valence-electron chi connectivity index (χ3n) is 5.80. The summed E-state index contributed by atoms with van der Waals surface area (Å²) in [4.78, 5) is 28.3. The Morgan fingerprint density at radius 2 is 1.71 bits per heavy atom. The predicted molar refractivity (Wildman–Crippen MR) is 134 cm³/mol. The lowest BCUT2D eigenvalue weighted by Crippen LogP contribution is -2.37. The molecule has 0 aromatic heterocycles. The van der Waals surface area contributed by atoms with Crippen molar-refractivity contribution in [3.05, 3.63) is 57.1 Å². The number of methoxy groups -OCH3 is 1. The van der Waals surface area contributed by atoms with Crippen molar-refractivity contribution < 1.29 is 27.5 Å². The van der Waals surface area contributed by atoms with E-state index in [-0.39, 0.29) is 5.56 Å². The molecule has 34 heavy (non-hydrogen) atoms. The first-order valence-corrected chi connectivity index (χ1v) is 14.2. The molecule has 0 bridgehead atoms. The summed E-state index contributed by atoms with van der Waals surface area (Å²) in [6, 6.07) is 7.58. The van der Waals surface area contributed by atoms with Crippen LogP contribution in [-0.4, -0.2) is 50.9 Å². The first-order valence-electron chi connectivity index (χ1n) is 11.3. The van der Waals surface area contributed by atoms with Gasteiger partial charge in [0, 0.05) is 10.7 Å². The van der Waals surface area contributed by atoms with Crippen LogP contribution < -0.4 is 9.47 Å². The summed E-state index contributed by atoms with van der Waals surface area (Å²) in [6.07, 6.45) is 4.71. The highest BCUT2D eigenvalue weighted by Crippen LogP contribution is 2.40. The van der Waals surface area contributed by atoms with E-state index in [0.717, 1.165) is 36.0 Å². The number of imide groups is 1. The smallest absolute Gasteiger partial charge is 0.263 e. The van der Waals surface area contributed by atoms with E-state index in [1.807, 2.05) is 13.0 Å². The van der Waals surface area contributed by atoms with Crippen molar-refractivity contribution in [2.24, 2.45) is 0 Å². The number of aryl methyl sites for hydroxylation is 1. The molecule has 1 aliphatic heterocycles. The quantitative estimate of drug-likeness (QED) is 0.289. The van der Waals surface area contributed by atoms with Crippen molar-refractivity contribution in [1.82, 2.24) is 4.90 Å². The number of halogens is 1. The van der Waals surface area contributed by atoms with Gasteiger partial charge in [-0.25, -0.2) is 8.42 Å². The summed E-state index contributed by atoms with van der Waals surface area (Å²) in [7, 11) is -2.04. The van der Waals surface area contributed by atoms with Crippen molar-refractivity contribution >= 4 is 37.6 Å². The zero-order valence-corrected chi connectivity index (χ0v) is 22.3. The fourth-order valence-electron chi connectivity index (χ4n) is 4.24. The Hall–Kier alpha value is -2.39. The number of hydrogen-bond acceptors (Lipinski definition) is 6. The molecule has 3 rings (SSSR count). The zero-order chi connectivity index (χ0) is 25.0. The largest absolute Gasteiger partial charge is 0.493 e. The highest BCUT2D eigenvalue weighted by molar-refractivity contribution is 9.10. The van der Waals surface area contributed by atoms with E-state index in [0.29, 0.717) is 40.1 Å². The summed E-state index contributed by atoms with van der Waals surface area (Å²) < 4.78 is 36.3. The summed E-state index contributed by atoms with van der Waals surface area (Å²) in [5.74, 6) is -0.493. The molecule has 0 N–H and O–H groups in total. The van der Waals surface area contributed by atoms with Crippen LogP contribution in [0, 0.1) is 0 Å². The molecule has 0 aliphatic carbocycles. The van der Waals surface area contributed by atoms with E-state index in [1.54, 1.807) is 24.3 Å². The van der Waals surface area contributed by atoms with E-state index in [2.05, 4.69) is 22.9 Å². The highest BCUT2D eigenvalue weighted by atomic mass is 79.9. The summed E-state index contributed by atoms with van der Waals surface area (Å²) in [6.45, 7) is 4.29. The van der Waals surface area contributed by atoms with Crippen molar-refractivity contribution in [1.29, 1.82) is 0 Å². The fourth-order valence-corrected chi connectivity index (χ4v) is 5.65. The summed E-state index contributed by atoms with van der Waals surface area (Å²) in [5.41, 5.74) is 1.92. The van der Waals surface area contributed by atoms with Crippen LogP contribution >= 0.6 is 15.9 Å². The van der Waals surface area contributed by atoms with Gasteiger partial charge in [0.2, 0.25) is 0 Å². The number of benzene rings is 2. The molecular weight excluding hydrogens is 522 g/mol. The Kier molecular flexibility index (Phi) is 8.41. The number of amides is 2. The van der Waals surface area contributed by atoms with Crippen LogP contribution in [0.1, 0.15) is 71.0 Å². The van der Waals surface area contributed by atoms with E-state index in [9.17, 15) is 18.0 Å². The van der Waals surface area contributed by atoms with Gasteiger partial charge in [-0.1, -0.05) is 31.9 Å². The average molecular weight is 552 g/mol. The fraction of sp³-hybridized carbons (Fsp3) is 0.440.